The summed E-state index contributed by atoms with van der Waals surface area (Å²) in [6.45, 7) is 6.24. The summed E-state index contributed by atoms with van der Waals surface area (Å²) in [6, 6.07) is 7.81. The molecule has 0 saturated heterocycles. The number of hydrogen-bond donors (Lipinski definition) is 1. The highest BCUT2D eigenvalue weighted by Crippen LogP contribution is 2.24. The minimum absolute atomic E-state index is 0.290. The molecule has 0 saturated carbocycles. The molecule has 1 aromatic heterocycles. The minimum Gasteiger partial charge on any atom is -0.457 e. The van der Waals surface area contributed by atoms with Crippen LogP contribution in [0, 0.1) is 20.8 Å². The molecule has 0 amide bonds. The molecular weight excluding hydrogens is 258 g/mol. The summed E-state index contributed by atoms with van der Waals surface area (Å²) in [5.41, 5.74) is 9.71. The van der Waals surface area contributed by atoms with E-state index in [-0.39, 0.29) is 12.6 Å². The second-order valence-electron chi connectivity index (χ2n) is 4.69. The number of thiophene rings is 1. The summed E-state index contributed by atoms with van der Waals surface area (Å²) < 4.78 is 5.31. The molecule has 2 aromatic rings. The van der Waals surface area contributed by atoms with Gasteiger partial charge in [-0.3, -0.25) is 0 Å². The predicted octanol–water partition coefficient (Wildman–Crippen LogP) is 3.61. The maximum Gasteiger partial charge on any atom is 0.348 e. The lowest BCUT2D eigenvalue weighted by molar-refractivity contribution is 0.0478. The molecule has 0 atom stereocenters. The van der Waals surface area contributed by atoms with Gasteiger partial charge in [-0.15, -0.1) is 11.3 Å². The van der Waals surface area contributed by atoms with Crippen LogP contribution in [0.3, 0.4) is 0 Å². The Morgan fingerprint density at radius 1 is 1.16 bits per heavy atom. The van der Waals surface area contributed by atoms with Gasteiger partial charge in [-0.25, -0.2) is 4.79 Å². The fourth-order valence-electron chi connectivity index (χ4n) is 1.97. The molecule has 0 radical (unpaired) electrons. The molecule has 2 N–H and O–H groups in total. The summed E-state index contributed by atoms with van der Waals surface area (Å²) in [5, 5.41) is 0. The minimum atomic E-state index is -0.316. The van der Waals surface area contributed by atoms with Crippen LogP contribution in [0.2, 0.25) is 0 Å². The molecule has 19 heavy (non-hydrogen) atoms. The fraction of sp³-hybridized carbons (Fsp3) is 0.267. The van der Waals surface area contributed by atoms with Crippen molar-refractivity contribution in [3.8, 4) is 0 Å². The van der Waals surface area contributed by atoms with Crippen molar-refractivity contribution in [1.82, 2.24) is 0 Å². The maximum atomic E-state index is 11.9. The van der Waals surface area contributed by atoms with Crippen LogP contribution in [0.4, 0.5) is 5.69 Å². The highest BCUT2D eigenvalue weighted by Gasteiger charge is 2.12. The molecule has 2 rings (SSSR count). The van der Waals surface area contributed by atoms with Gasteiger partial charge in [-0.2, -0.15) is 0 Å². The molecule has 0 bridgehead atoms. The van der Waals surface area contributed by atoms with Crippen LogP contribution in [-0.2, 0) is 11.3 Å². The van der Waals surface area contributed by atoms with Crippen LogP contribution >= 0.6 is 11.3 Å². The van der Waals surface area contributed by atoms with Gasteiger partial charge in [0.15, 0.2) is 0 Å². The van der Waals surface area contributed by atoms with Crippen molar-refractivity contribution in [1.29, 1.82) is 0 Å². The Labute approximate surface area is 117 Å². The molecule has 0 fully saturated rings. The van der Waals surface area contributed by atoms with Gasteiger partial charge in [0, 0.05) is 10.6 Å². The smallest absolute Gasteiger partial charge is 0.348 e. The molecule has 0 aliphatic heterocycles. The van der Waals surface area contributed by atoms with Gasteiger partial charge in [0.1, 0.15) is 11.5 Å². The SMILES string of the molecule is Cc1cc(C)cc(COC(=O)c2cc(N)c(C)s2)c1. The first-order valence-corrected chi connectivity index (χ1v) is 6.87. The Kier molecular flexibility index (Phi) is 3.90. The van der Waals surface area contributed by atoms with Crippen LogP contribution in [0.25, 0.3) is 0 Å². The second kappa shape index (κ2) is 5.45. The van der Waals surface area contributed by atoms with Crippen molar-refractivity contribution in [3.63, 3.8) is 0 Å². The van der Waals surface area contributed by atoms with E-state index in [1.165, 1.54) is 22.5 Å². The van der Waals surface area contributed by atoms with Crippen LogP contribution in [-0.4, -0.2) is 5.97 Å². The third-order valence-electron chi connectivity index (χ3n) is 2.81. The van der Waals surface area contributed by atoms with E-state index in [1.807, 2.05) is 32.9 Å². The zero-order valence-corrected chi connectivity index (χ0v) is 12.1. The number of nitrogens with two attached hydrogens (primary N) is 1. The van der Waals surface area contributed by atoms with E-state index in [9.17, 15) is 4.79 Å². The van der Waals surface area contributed by atoms with E-state index in [4.69, 9.17) is 10.5 Å². The van der Waals surface area contributed by atoms with E-state index >= 15 is 0 Å². The molecule has 0 spiro atoms. The number of carbonyl (C=O) groups is 1. The topological polar surface area (TPSA) is 52.3 Å². The zero-order valence-electron chi connectivity index (χ0n) is 11.3. The number of rotatable bonds is 3. The quantitative estimate of drug-likeness (QED) is 0.870. The third-order valence-corrected chi connectivity index (χ3v) is 3.86. The van der Waals surface area contributed by atoms with Crippen LogP contribution in [0.15, 0.2) is 24.3 Å². The molecular formula is C15H17NO2S. The van der Waals surface area contributed by atoms with Crippen molar-refractivity contribution in [2.75, 3.05) is 5.73 Å². The van der Waals surface area contributed by atoms with E-state index in [0.29, 0.717) is 10.6 Å². The number of esters is 1. The van der Waals surface area contributed by atoms with Crippen LogP contribution < -0.4 is 5.73 Å². The lowest BCUT2D eigenvalue weighted by Crippen LogP contribution is -2.03. The first-order chi connectivity index (χ1) is 8.95. The number of anilines is 1. The number of benzene rings is 1. The molecule has 0 aliphatic rings. The first kappa shape index (κ1) is 13.6. The van der Waals surface area contributed by atoms with Gasteiger partial charge in [0.2, 0.25) is 0 Å². The Balaban J connectivity index is 2.04. The average Bonchev–Trinajstić information content (AvgIpc) is 2.65. The number of nitrogen functional groups attached to an aromatic ring is 1. The Hall–Kier alpha value is -1.81. The average molecular weight is 275 g/mol. The van der Waals surface area contributed by atoms with E-state index < -0.39 is 0 Å². The molecule has 1 aromatic carbocycles. The molecule has 0 unspecified atom stereocenters. The Bertz CT molecular complexity index is 577. The second-order valence-corrected chi connectivity index (χ2v) is 5.95. The predicted molar refractivity (Wildman–Crippen MR) is 78.5 cm³/mol. The Morgan fingerprint density at radius 3 is 2.32 bits per heavy atom. The third kappa shape index (κ3) is 3.35. The molecule has 1 heterocycles. The van der Waals surface area contributed by atoms with Gasteiger partial charge in [-0.1, -0.05) is 29.3 Å². The van der Waals surface area contributed by atoms with Gasteiger partial charge in [0.05, 0.1) is 0 Å². The highest BCUT2D eigenvalue weighted by molar-refractivity contribution is 7.14. The van der Waals surface area contributed by atoms with Gasteiger partial charge >= 0.3 is 5.97 Å². The number of aryl methyl sites for hydroxylation is 3. The monoisotopic (exact) mass is 275 g/mol. The zero-order chi connectivity index (χ0) is 14.0. The fourth-order valence-corrected chi connectivity index (χ4v) is 2.80. The van der Waals surface area contributed by atoms with E-state index in [0.717, 1.165) is 10.4 Å². The van der Waals surface area contributed by atoms with Crippen LogP contribution in [0.5, 0.6) is 0 Å². The van der Waals surface area contributed by atoms with Crippen molar-refractivity contribution >= 4 is 23.0 Å². The summed E-state index contributed by atoms with van der Waals surface area (Å²) >= 11 is 1.36. The van der Waals surface area contributed by atoms with Crippen LogP contribution in [0.1, 0.15) is 31.2 Å². The van der Waals surface area contributed by atoms with Crippen molar-refractivity contribution < 1.29 is 9.53 Å². The van der Waals surface area contributed by atoms with Gasteiger partial charge in [0.25, 0.3) is 0 Å². The van der Waals surface area contributed by atoms with Crippen molar-refractivity contribution in [3.05, 3.63) is 50.7 Å². The van der Waals surface area contributed by atoms with Crippen molar-refractivity contribution in [2.24, 2.45) is 0 Å². The molecule has 100 valence electrons. The molecule has 3 nitrogen and oxygen atoms in total. The van der Waals surface area contributed by atoms with Gasteiger partial charge < -0.3 is 10.5 Å². The summed E-state index contributed by atoms with van der Waals surface area (Å²) in [4.78, 5) is 13.4. The summed E-state index contributed by atoms with van der Waals surface area (Å²) in [5.74, 6) is -0.316. The Morgan fingerprint density at radius 2 is 1.79 bits per heavy atom. The highest BCUT2D eigenvalue weighted by atomic mass is 32.1. The summed E-state index contributed by atoms with van der Waals surface area (Å²) in [7, 11) is 0. The summed E-state index contributed by atoms with van der Waals surface area (Å²) in [6.07, 6.45) is 0. The lowest BCUT2D eigenvalue weighted by atomic mass is 10.1. The number of carbonyl (C=O) groups excluding carboxylic acids is 1. The number of ether oxygens (including phenoxy) is 1. The first-order valence-electron chi connectivity index (χ1n) is 6.06. The largest absolute Gasteiger partial charge is 0.457 e. The molecule has 0 aliphatic carbocycles. The number of hydrogen-bond acceptors (Lipinski definition) is 4. The van der Waals surface area contributed by atoms with Gasteiger partial charge in [-0.05, 0) is 32.4 Å². The van der Waals surface area contributed by atoms with E-state index in [2.05, 4.69) is 6.07 Å². The van der Waals surface area contributed by atoms with Crippen molar-refractivity contribution in [2.45, 2.75) is 27.4 Å². The standard InChI is InChI=1S/C15H17NO2S/c1-9-4-10(2)6-12(5-9)8-18-15(17)14-7-13(16)11(3)19-14/h4-7H,8,16H2,1-3H3. The normalized spacial score (nSPS) is 10.5. The maximum absolute atomic E-state index is 11.9. The van der Waals surface area contributed by atoms with E-state index in [1.54, 1.807) is 6.07 Å². The molecule has 4 heteroatoms. The lowest BCUT2D eigenvalue weighted by Gasteiger charge is -2.06.